The summed E-state index contributed by atoms with van der Waals surface area (Å²) in [5, 5.41) is 3.56. The van der Waals surface area contributed by atoms with E-state index in [1.807, 2.05) is 19.1 Å². The van der Waals surface area contributed by atoms with Crippen LogP contribution in [0.1, 0.15) is 38.4 Å². The van der Waals surface area contributed by atoms with Crippen LogP contribution in [0.4, 0.5) is 0 Å². The largest absolute Gasteiger partial charge is 0.494 e. The Bertz CT molecular complexity index is 350. The molecule has 2 atom stereocenters. The zero-order chi connectivity index (χ0) is 12.8. The maximum absolute atomic E-state index is 5.92. The molecule has 0 amide bonds. The monoisotopic (exact) mass is 249 g/mol. The van der Waals surface area contributed by atoms with Gasteiger partial charge in [-0.25, -0.2) is 0 Å². The summed E-state index contributed by atoms with van der Waals surface area (Å²) in [6, 6.07) is 8.83. The minimum Gasteiger partial charge on any atom is -0.494 e. The molecule has 0 radical (unpaired) electrons. The lowest BCUT2D eigenvalue weighted by molar-refractivity contribution is 0.0663. The summed E-state index contributed by atoms with van der Waals surface area (Å²) in [5.41, 5.74) is 1.22. The lowest BCUT2D eigenvalue weighted by atomic mass is 10.1. The van der Waals surface area contributed by atoms with E-state index in [0.717, 1.165) is 25.3 Å². The van der Waals surface area contributed by atoms with Gasteiger partial charge in [-0.2, -0.15) is 0 Å². The Morgan fingerprint density at radius 2 is 2.06 bits per heavy atom. The molecule has 3 nitrogen and oxygen atoms in total. The first kappa shape index (κ1) is 13.4. The zero-order valence-electron chi connectivity index (χ0n) is 11.3. The summed E-state index contributed by atoms with van der Waals surface area (Å²) in [6.07, 6.45) is 2.43. The third kappa shape index (κ3) is 3.47. The van der Waals surface area contributed by atoms with Crippen LogP contribution < -0.4 is 10.1 Å². The number of benzene rings is 1. The fourth-order valence-electron chi connectivity index (χ4n) is 2.30. The van der Waals surface area contributed by atoms with Crippen molar-refractivity contribution in [1.82, 2.24) is 5.32 Å². The van der Waals surface area contributed by atoms with Gasteiger partial charge in [0.1, 0.15) is 5.75 Å². The zero-order valence-corrected chi connectivity index (χ0v) is 11.3. The maximum atomic E-state index is 5.92. The van der Waals surface area contributed by atoms with Crippen LogP contribution in [0.5, 0.6) is 5.75 Å². The highest BCUT2D eigenvalue weighted by Crippen LogP contribution is 2.22. The molecule has 0 saturated carbocycles. The molecule has 1 aromatic carbocycles. The van der Waals surface area contributed by atoms with E-state index in [1.165, 1.54) is 12.0 Å². The molecule has 2 unspecified atom stereocenters. The van der Waals surface area contributed by atoms with Crippen LogP contribution in [-0.2, 0) is 4.74 Å². The van der Waals surface area contributed by atoms with Crippen molar-refractivity contribution in [2.24, 2.45) is 0 Å². The summed E-state index contributed by atoms with van der Waals surface area (Å²) < 4.78 is 11.4. The number of ether oxygens (including phenoxy) is 2. The number of nitrogens with one attached hydrogen (secondary N) is 1. The van der Waals surface area contributed by atoms with Gasteiger partial charge in [0, 0.05) is 19.2 Å². The van der Waals surface area contributed by atoms with E-state index in [4.69, 9.17) is 9.47 Å². The highest BCUT2D eigenvalue weighted by molar-refractivity contribution is 5.28. The third-order valence-electron chi connectivity index (χ3n) is 3.43. The number of hydrogen-bond acceptors (Lipinski definition) is 3. The van der Waals surface area contributed by atoms with Crippen molar-refractivity contribution in [3.8, 4) is 5.75 Å². The van der Waals surface area contributed by atoms with E-state index in [0.29, 0.717) is 12.6 Å². The predicted molar refractivity (Wildman–Crippen MR) is 73.0 cm³/mol. The van der Waals surface area contributed by atoms with Crippen LogP contribution in [0.2, 0.25) is 0 Å². The Morgan fingerprint density at radius 3 is 2.72 bits per heavy atom. The second-order valence-corrected chi connectivity index (χ2v) is 4.66. The molecule has 0 bridgehead atoms. The first-order chi connectivity index (χ1) is 8.83. The van der Waals surface area contributed by atoms with Crippen LogP contribution in [-0.4, -0.2) is 25.8 Å². The average molecular weight is 249 g/mol. The van der Waals surface area contributed by atoms with Crippen molar-refractivity contribution < 1.29 is 9.47 Å². The number of hydrogen-bond donors (Lipinski definition) is 1. The van der Waals surface area contributed by atoms with Gasteiger partial charge in [0.25, 0.3) is 0 Å². The van der Waals surface area contributed by atoms with Crippen molar-refractivity contribution in [2.75, 3.05) is 19.8 Å². The lowest BCUT2D eigenvalue weighted by Gasteiger charge is -2.16. The van der Waals surface area contributed by atoms with Gasteiger partial charge in [-0.3, -0.25) is 0 Å². The van der Waals surface area contributed by atoms with Gasteiger partial charge in [-0.15, -0.1) is 0 Å². The van der Waals surface area contributed by atoms with Crippen LogP contribution in [0.25, 0.3) is 0 Å². The molecular weight excluding hydrogens is 226 g/mol. The van der Waals surface area contributed by atoms with Crippen molar-refractivity contribution in [2.45, 2.75) is 38.8 Å². The molecule has 1 aliphatic rings. The maximum Gasteiger partial charge on any atom is 0.119 e. The quantitative estimate of drug-likeness (QED) is 0.890. The van der Waals surface area contributed by atoms with E-state index in [2.05, 4.69) is 24.4 Å². The Morgan fingerprint density at radius 1 is 1.28 bits per heavy atom. The van der Waals surface area contributed by atoms with Gasteiger partial charge in [-0.1, -0.05) is 19.1 Å². The molecule has 1 aromatic rings. The highest BCUT2D eigenvalue weighted by atomic mass is 16.5. The molecular formula is C15H23NO2. The predicted octanol–water partition coefficient (Wildman–Crippen LogP) is 2.91. The van der Waals surface area contributed by atoms with Gasteiger partial charge in [-0.05, 0) is 37.5 Å². The summed E-state index contributed by atoms with van der Waals surface area (Å²) in [5.74, 6) is 0.925. The Labute approximate surface area is 109 Å². The van der Waals surface area contributed by atoms with Crippen LogP contribution >= 0.6 is 0 Å². The molecule has 0 aromatic heterocycles. The SMILES string of the molecule is CCOc1ccc(C2CNC(CC)CCO2)cc1. The topological polar surface area (TPSA) is 30.5 Å². The Balaban J connectivity index is 1.98. The Kier molecular flexibility index (Phi) is 5.02. The molecule has 0 spiro atoms. The molecule has 2 rings (SSSR count). The number of rotatable bonds is 4. The van der Waals surface area contributed by atoms with Gasteiger partial charge < -0.3 is 14.8 Å². The van der Waals surface area contributed by atoms with E-state index in [9.17, 15) is 0 Å². The van der Waals surface area contributed by atoms with Crippen molar-refractivity contribution in [3.05, 3.63) is 29.8 Å². The average Bonchev–Trinajstić information content (AvgIpc) is 2.65. The molecule has 1 fully saturated rings. The molecule has 3 heteroatoms. The first-order valence-electron chi connectivity index (χ1n) is 6.91. The van der Waals surface area contributed by atoms with Crippen molar-refractivity contribution in [1.29, 1.82) is 0 Å². The van der Waals surface area contributed by atoms with E-state index >= 15 is 0 Å². The standard InChI is InChI=1S/C15H23NO2/c1-3-13-9-10-18-15(11-16-13)12-5-7-14(8-6-12)17-4-2/h5-8,13,15-16H,3-4,9-11H2,1-2H3. The lowest BCUT2D eigenvalue weighted by Crippen LogP contribution is -2.29. The van der Waals surface area contributed by atoms with Crippen LogP contribution in [0.15, 0.2) is 24.3 Å². The Hall–Kier alpha value is -1.06. The molecule has 0 aliphatic carbocycles. The summed E-state index contributed by atoms with van der Waals surface area (Å²) in [4.78, 5) is 0. The molecule has 18 heavy (non-hydrogen) atoms. The van der Waals surface area contributed by atoms with E-state index in [-0.39, 0.29) is 6.10 Å². The normalized spacial score (nSPS) is 24.6. The van der Waals surface area contributed by atoms with Crippen LogP contribution in [0, 0.1) is 0 Å². The highest BCUT2D eigenvalue weighted by Gasteiger charge is 2.18. The first-order valence-corrected chi connectivity index (χ1v) is 6.91. The fourth-order valence-corrected chi connectivity index (χ4v) is 2.30. The third-order valence-corrected chi connectivity index (χ3v) is 3.43. The summed E-state index contributed by atoms with van der Waals surface area (Å²) in [7, 11) is 0. The summed E-state index contributed by atoms with van der Waals surface area (Å²) >= 11 is 0. The fraction of sp³-hybridized carbons (Fsp3) is 0.600. The van der Waals surface area contributed by atoms with Crippen molar-refractivity contribution >= 4 is 0 Å². The molecule has 1 aliphatic heterocycles. The molecule has 1 heterocycles. The van der Waals surface area contributed by atoms with Crippen LogP contribution in [0.3, 0.4) is 0 Å². The molecule has 1 saturated heterocycles. The van der Waals surface area contributed by atoms with Gasteiger partial charge in [0.2, 0.25) is 0 Å². The van der Waals surface area contributed by atoms with E-state index in [1.54, 1.807) is 0 Å². The van der Waals surface area contributed by atoms with Gasteiger partial charge in [0.05, 0.1) is 12.7 Å². The van der Waals surface area contributed by atoms with Gasteiger partial charge in [0.15, 0.2) is 0 Å². The molecule has 100 valence electrons. The van der Waals surface area contributed by atoms with E-state index < -0.39 is 0 Å². The second-order valence-electron chi connectivity index (χ2n) is 4.66. The minimum atomic E-state index is 0.164. The molecule has 1 N–H and O–H groups in total. The smallest absolute Gasteiger partial charge is 0.119 e. The van der Waals surface area contributed by atoms with Crippen molar-refractivity contribution in [3.63, 3.8) is 0 Å². The minimum absolute atomic E-state index is 0.164. The summed E-state index contributed by atoms with van der Waals surface area (Å²) in [6.45, 7) is 6.65. The second kappa shape index (κ2) is 6.76. The van der Waals surface area contributed by atoms with Gasteiger partial charge >= 0.3 is 0 Å².